The van der Waals surface area contributed by atoms with Crippen LogP contribution < -0.4 is 0 Å². The second-order valence-corrected chi connectivity index (χ2v) is 4.81. The molecule has 1 aromatic carbocycles. The van der Waals surface area contributed by atoms with Crippen LogP contribution in [0, 0.1) is 63.7 Å². The van der Waals surface area contributed by atoms with Gasteiger partial charge >= 0.3 is 0 Å². The third-order valence-corrected chi connectivity index (χ3v) is 3.30. The molecule has 1 aliphatic heterocycles. The molecule has 0 N–H and O–H groups in total. The van der Waals surface area contributed by atoms with Gasteiger partial charge < -0.3 is 4.74 Å². The second-order valence-electron chi connectivity index (χ2n) is 4.81. The minimum Gasteiger partial charge on any atom is -0.478 e. The van der Waals surface area contributed by atoms with E-state index in [0.717, 1.165) is 11.8 Å². The molecule has 1 heterocycles. The second kappa shape index (κ2) is 9.37. The molecule has 0 aromatic heterocycles. The van der Waals surface area contributed by atoms with Gasteiger partial charge in [-0.1, -0.05) is 30.3 Å². The number of hydrogen-bond acceptors (Lipinski definition) is 2. The van der Waals surface area contributed by atoms with Crippen molar-refractivity contribution in [2.75, 3.05) is 6.61 Å². The van der Waals surface area contributed by atoms with Gasteiger partial charge in [0.05, 0.1) is 5.92 Å². The van der Waals surface area contributed by atoms with Crippen molar-refractivity contribution in [1.29, 1.82) is 0 Å². The van der Waals surface area contributed by atoms with E-state index in [9.17, 15) is 0 Å². The minimum absolute atomic E-state index is 0. The maximum atomic E-state index is 5.61. The molecule has 1 unspecified atom stereocenters. The third kappa shape index (κ3) is 4.86. The van der Waals surface area contributed by atoms with Gasteiger partial charge in [0.2, 0.25) is 0 Å². The number of ether oxygens (including phenoxy) is 1. The Kier molecular flexibility index (Phi) is 7.48. The molecule has 10 radical (unpaired) electrons. The largest absolute Gasteiger partial charge is 0.478 e. The van der Waals surface area contributed by atoms with Crippen molar-refractivity contribution in [1.82, 2.24) is 0 Å². The van der Waals surface area contributed by atoms with Gasteiger partial charge in [-0.3, -0.25) is 0 Å². The first-order chi connectivity index (χ1) is 10.4. The Balaban J connectivity index is 0.000000253. The van der Waals surface area contributed by atoms with Crippen LogP contribution in [0.2, 0.25) is 0 Å². The topological polar surface area (TPSA) is 21.6 Å². The van der Waals surface area contributed by atoms with Crippen LogP contribution in [0.15, 0.2) is 35.3 Å². The molecule has 0 bridgehead atoms. The van der Waals surface area contributed by atoms with E-state index in [1.807, 2.05) is 76.0 Å². The molecule has 3 heteroatoms. The Labute approximate surface area is 145 Å². The summed E-state index contributed by atoms with van der Waals surface area (Å²) in [5.74, 6) is 1.83. The number of hydrogen-bond donors (Lipinski definition) is 0. The zero-order valence-electron chi connectivity index (χ0n) is 12.1. The van der Waals surface area contributed by atoms with E-state index in [-0.39, 0.29) is 23.1 Å². The number of benzene rings is 1. The van der Waals surface area contributed by atoms with Gasteiger partial charge in [0.25, 0.3) is 0 Å². The molecule has 4 rings (SSSR count). The zero-order valence-corrected chi connectivity index (χ0v) is 13.2. The monoisotopic (exact) mass is 331 g/mol. The van der Waals surface area contributed by atoms with E-state index < -0.39 is 0 Å². The quantitative estimate of drug-likeness (QED) is 0.759. The van der Waals surface area contributed by atoms with Crippen LogP contribution in [0.1, 0.15) is 11.6 Å². The van der Waals surface area contributed by atoms with Gasteiger partial charge in [0.15, 0.2) is 5.90 Å². The average Bonchev–Trinajstić information content (AvgIpc) is 3.30. The Morgan fingerprint density at radius 1 is 0.818 bits per heavy atom. The molecular formula is C19H17FeNO. The smallest absolute Gasteiger partial charge is 0.192 e. The standard InChI is InChI=1S/C14H12NO.C5H5.Fe/c1-2-6-11(7-3-1)13-10-16-14(15-13)12-8-4-5-9-12;1-2-4-5-3-1;/h1-9,13H,10H2;1-5H;. The van der Waals surface area contributed by atoms with Gasteiger partial charge in [-0.2, -0.15) is 0 Å². The molecule has 112 valence electrons. The van der Waals surface area contributed by atoms with Gasteiger partial charge in [0, 0.05) is 17.1 Å². The summed E-state index contributed by atoms with van der Waals surface area (Å²) in [6.45, 7) is 0.643. The van der Waals surface area contributed by atoms with Crippen molar-refractivity contribution in [2.24, 2.45) is 4.99 Å². The first-order valence-electron chi connectivity index (χ1n) is 7.08. The van der Waals surface area contributed by atoms with Crippen molar-refractivity contribution < 1.29 is 21.8 Å². The molecule has 1 aromatic rings. The predicted octanol–water partition coefficient (Wildman–Crippen LogP) is 3.58. The Hall–Kier alpha value is -0.791. The molecule has 2 aliphatic carbocycles. The van der Waals surface area contributed by atoms with E-state index in [4.69, 9.17) is 4.74 Å². The van der Waals surface area contributed by atoms with Crippen LogP contribution >= 0.6 is 0 Å². The number of nitrogens with zero attached hydrogens (tertiary/aromatic N) is 1. The average molecular weight is 331 g/mol. The number of aliphatic imine (C=N–C) groups is 1. The van der Waals surface area contributed by atoms with E-state index in [2.05, 4.69) is 17.1 Å². The Bertz CT molecular complexity index is 442. The van der Waals surface area contributed by atoms with Crippen molar-refractivity contribution in [3.8, 4) is 0 Å². The fourth-order valence-electron chi connectivity index (χ4n) is 2.22. The van der Waals surface area contributed by atoms with Gasteiger partial charge in [0.1, 0.15) is 12.6 Å². The van der Waals surface area contributed by atoms with Crippen molar-refractivity contribution in [2.45, 2.75) is 6.04 Å². The van der Waals surface area contributed by atoms with Crippen molar-refractivity contribution >= 4 is 5.90 Å². The summed E-state index contributed by atoms with van der Waals surface area (Å²) in [6.07, 6.45) is 18.0. The van der Waals surface area contributed by atoms with Crippen LogP contribution in [0.3, 0.4) is 0 Å². The van der Waals surface area contributed by atoms with Crippen LogP contribution in [-0.4, -0.2) is 12.5 Å². The van der Waals surface area contributed by atoms with Gasteiger partial charge in [-0.05, 0) is 63.4 Å². The van der Waals surface area contributed by atoms with Crippen LogP contribution in [-0.2, 0) is 21.8 Å². The van der Waals surface area contributed by atoms with Crippen LogP contribution in [0.4, 0.5) is 0 Å². The van der Waals surface area contributed by atoms with Crippen molar-refractivity contribution in [3.05, 3.63) is 99.6 Å². The first kappa shape index (κ1) is 17.6. The summed E-state index contributed by atoms with van der Waals surface area (Å²) in [6, 6.07) is 10.4. The summed E-state index contributed by atoms with van der Waals surface area (Å²) in [7, 11) is 0. The third-order valence-electron chi connectivity index (χ3n) is 3.30. The SMILES string of the molecule is [CH]1[CH][CH][CH][CH]1.[CH]1[CH][CH][C](C2=NC(c3ccccc3)CO2)[CH]1.[Fe]. The Morgan fingerprint density at radius 3 is 2.00 bits per heavy atom. The molecule has 2 saturated carbocycles. The normalized spacial score (nSPS) is 24.0. The van der Waals surface area contributed by atoms with E-state index in [1.165, 1.54) is 5.56 Å². The van der Waals surface area contributed by atoms with E-state index in [0.29, 0.717) is 6.61 Å². The molecule has 1 atom stereocenters. The summed E-state index contributed by atoms with van der Waals surface area (Å²) in [4.78, 5) is 4.60. The molecule has 2 nitrogen and oxygen atoms in total. The maximum absolute atomic E-state index is 5.61. The van der Waals surface area contributed by atoms with Crippen molar-refractivity contribution in [3.63, 3.8) is 0 Å². The zero-order chi connectivity index (χ0) is 14.3. The molecule has 0 amide bonds. The minimum atomic E-state index is 0. The molecular weight excluding hydrogens is 314 g/mol. The summed E-state index contributed by atoms with van der Waals surface area (Å²) < 4.78 is 5.61. The van der Waals surface area contributed by atoms with E-state index in [1.54, 1.807) is 0 Å². The fourth-order valence-corrected chi connectivity index (χ4v) is 2.22. The van der Waals surface area contributed by atoms with Crippen LogP contribution in [0.25, 0.3) is 0 Å². The van der Waals surface area contributed by atoms with E-state index >= 15 is 0 Å². The summed E-state index contributed by atoms with van der Waals surface area (Å²) in [5, 5.41) is 0. The summed E-state index contributed by atoms with van der Waals surface area (Å²) in [5.41, 5.74) is 1.21. The molecule has 2 fully saturated rings. The fraction of sp³-hybridized carbons (Fsp3) is 0.105. The number of rotatable bonds is 2. The summed E-state index contributed by atoms with van der Waals surface area (Å²) >= 11 is 0. The van der Waals surface area contributed by atoms with Crippen LogP contribution in [0.5, 0.6) is 0 Å². The predicted molar refractivity (Wildman–Crippen MR) is 84.5 cm³/mol. The Morgan fingerprint density at radius 2 is 1.41 bits per heavy atom. The molecule has 0 spiro atoms. The maximum Gasteiger partial charge on any atom is 0.192 e. The van der Waals surface area contributed by atoms with Gasteiger partial charge in [-0.15, -0.1) is 0 Å². The first-order valence-corrected chi connectivity index (χ1v) is 7.08. The molecule has 3 aliphatic rings. The van der Waals surface area contributed by atoms with Gasteiger partial charge in [-0.25, -0.2) is 4.99 Å². The molecule has 0 saturated heterocycles. The molecule has 22 heavy (non-hydrogen) atoms.